The third-order valence-corrected chi connectivity index (χ3v) is 10.0. The first kappa shape index (κ1) is 15.8. The molecular weight excluding hydrogens is 278 g/mol. The van der Waals surface area contributed by atoms with E-state index in [1.165, 1.54) is 6.08 Å². The Labute approximate surface area is 127 Å². The summed E-state index contributed by atoms with van der Waals surface area (Å²) in [4.78, 5) is 13.0. The lowest BCUT2D eigenvalue weighted by Crippen LogP contribution is -2.58. The van der Waals surface area contributed by atoms with E-state index in [0.29, 0.717) is 5.56 Å². The summed E-state index contributed by atoms with van der Waals surface area (Å²) in [6, 6.07) is 7.44. The van der Waals surface area contributed by atoms with Crippen molar-refractivity contribution in [2.75, 3.05) is 4.57 Å². The molecule has 1 amide bonds. The molecule has 1 aliphatic heterocycles. The lowest BCUT2D eigenvalue weighted by Gasteiger charge is -2.44. The van der Waals surface area contributed by atoms with E-state index in [1.54, 1.807) is 6.07 Å². The van der Waals surface area contributed by atoms with Crippen LogP contribution < -0.4 is 4.57 Å². The van der Waals surface area contributed by atoms with Gasteiger partial charge in [-0.25, -0.2) is 0 Å². The van der Waals surface area contributed by atoms with Crippen LogP contribution in [0.3, 0.4) is 0 Å². The summed E-state index contributed by atoms with van der Waals surface area (Å²) < 4.78 is 1.84. The molecule has 21 heavy (non-hydrogen) atoms. The Morgan fingerprint density at radius 1 is 1.33 bits per heavy atom. The molecule has 1 heterocycles. The summed E-state index contributed by atoms with van der Waals surface area (Å²) >= 11 is 0. The molecule has 0 unspecified atom stereocenters. The van der Waals surface area contributed by atoms with Crippen molar-refractivity contribution in [1.29, 1.82) is 0 Å². The zero-order chi connectivity index (χ0) is 16.1. The molecule has 112 valence electrons. The molecule has 0 saturated heterocycles. The second kappa shape index (κ2) is 4.70. The molecular formula is C17H23NO2Si. The lowest BCUT2D eigenvalue weighted by molar-refractivity contribution is -0.130. The maximum atomic E-state index is 13.0. The zero-order valence-corrected chi connectivity index (χ0v) is 14.4. The van der Waals surface area contributed by atoms with Crippen molar-refractivity contribution in [2.24, 2.45) is 0 Å². The Morgan fingerprint density at radius 3 is 2.43 bits per heavy atom. The number of para-hydroxylation sites is 1. The number of hydrogen-bond donors (Lipinski definition) is 1. The van der Waals surface area contributed by atoms with Crippen molar-refractivity contribution in [3.05, 3.63) is 48.2 Å². The SMILES string of the molecule is C=C=C[C@]1(O)C(=O)N([Si](C)(C)C(C)(C)C)c2ccccc21. The van der Waals surface area contributed by atoms with Crippen LogP contribution in [0, 0.1) is 0 Å². The normalized spacial score (nSPS) is 22.0. The van der Waals surface area contributed by atoms with Crippen LogP contribution in [0.2, 0.25) is 18.1 Å². The molecule has 1 N–H and O–H groups in total. The first-order valence-corrected chi connectivity index (χ1v) is 10.1. The van der Waals surface area contributed by atoms with E-state index in [9.17, 15) is 9.90 Å². The van der Waals surface area contributed by atoms with Gasteiger partial charge in [0.05, 0.1) is 0 Å². The first-order chi connectivity index (χ1) is 9.57. The molecule has 0 fully saturated rings. The lowest BCUT2D eigenvalue weighted by atomic mass is 9.95. The number of carbonyl (C=O) groups excluding carboxylic acids is 1. The second-order valence-corrected chi connectivity index (χ2v) is 12.1. The third kappa shape index (κ3) is 2.11. The zero-order valence-electron chi connectivity index (χ0n) is 13.4. The van der Waals surface area contributed by atoms with Gasteiger partial charge >= 0.3 is 0 Å². The predicted molar refractivity (Wildman–Crippen MR) is 88.7 cm³/mol. The molecule has 0 bridgehead atoms. The predicted octanol–water partition coefficient (Wildman–Crippen LogP) is 3.57. The van der Waals surface area contributed by atoms with E-state index in [1.807, 2.05) is 22.8 Å². The van der Waals surface area contributed by atoms with Gasteiger partial charge in [0, 0.05) is 17.3 Å². The molecule has 0 radical (unpaired) electrons. The molecule has 0 saturated carbocycles. The fourth-order valence-corrected chi connectivity index (χ4v) is 4.71. The number of nitrogens with zero attached hydrogens (tertiary/aromatic N) is 1. The van der Waals surface area contributed by atoms with Crippen LogP contribution in [-0.2, 0) is 10.4 Å². The number of benzene rings is 1. The van der Waals surface area contributed by atoms with Gasteiger partial charge in [-0.1, -0.05) is 58.6 Å². The number of anilines is 1. The summed E-state index contributed by atoms with van der Waals surface area (Å²) in [7, 11) is -2.15. The van der Waals surface area contributed by atoms with Gasteiger partial charge in [0.15, 0.2) is 13.8 Å². The van der Waals surface area contributed by atoms with E-state index in [-0.39, 0.29) is 10.9 Å². The average molecular weight is 301 g/mol. The maximum absolute atomic E-state index is 13.0. The topological polar surface area (TPSA) is 40.5 Å². The molecule has 4 heteroatoms. The average Bonchev–Trinajstić information content (AvgIpc) is 2.59. The molecule has 1 aromatic carbocycles. The highest BCUT2D eigenvalue weighted by molar-refractivity contribution is 6.87. The van der Waals surface area contributed by atoms with Crippen LogP contribution >= 0.6 is 0 Å². The Hall–Kier alpha value is -1.61. The minimum absolute atomic E-state index is 0.0150. The van der Waals surface area contributed by atoms with Gasteiger partial charge in [-0.15, -0.1) is 5.73 Å². The number of fused-ring (bicyclic) bond motifs is 1. The highest BCUT2D eigenvalue weighted by Gasteiger charge is 2.55. The van der Waals surface area contributed by atoms with Crippen LogP contribution in [0.4, 0.5) is 5.69 Å². The smallest absolute Gasteiger partial charge is 0.260 e. The van der Waals surface area contributed by atoms with Crippen LogP contribution in [-0.4, -0.2) is 19.2 Å². The quantitative estimate of drug-likeness (QED) is 0.670. The van der Waals surface area contributed by atoms with Crippen LogP contribution in [0.1, 0.15) is 26.3 Å². The number of amides is 1. The Balaban J connectivity index is 2.72. The van der Waals surface area contributed by atoms with Crippen molar-refractivity contribution in [3.8, 4) is 0 Å². The van der Waals surface area contributed by atoms with Crippen molar-refractivity contribution in [3.63, 3.8) is 0 Å². The van der Waals surface area contributed by atoms with E-state index in [4.69, 9.17) is 0 Å². The van der Waals surface area contributed by atoms with E-state index in [0.717, 1.165) is 5.69 Å². The molecule has 2 rings (SSSR count). The van der Waals surface area contributed by atoms with Crippen molar-refractivity contribution in [2.45, 2.75) is 44.5 Å². The van der Waals surface area contributed by atoms with Crippen molar-refractivity contribution < 1.29 is 9.90 Å². The molecule has 1 atom stereocenters. The summed E-state index contributed by atoms with van der Waals surface area (Å²) in [6.45, 7) is 14.3. The molecule has 0 aliphatic carbocycles. The van der Waals surface area contributed by atoms with Gasteiger partial charge in [-0.3, -0.25) is 4.79 Å². The van der Waals surface area contributed by atoms with Crippen molar-refractivity contribution in [1.82, 2.24) is 0 Å². The monoisotopic (exact) mass is 301 g/mol. The van der Waals surface area contributed by atoms with E-state index in [2.05, 4.69) is 46.2 Å². The van der Waals surface area contributed by atoms with E-state index >= 15 is 0 Å². The maximum Gasteiger partial charge on any atom is 0.260 e. The molecule has 3 nitrogen and oxygen atoms in total. The second-order valence-electron chi connectivity index (χ2n) is 7.08. The van der Waals surface area contributed by atoms with Gasteiger partial charge in [-0.05, 0) is 11.1 Å². The molecule has 1 aromatic rings. The number of rotatable bonds is 2. The van der Waals surface area contributed by atoms with Gasteiger partial charge in [0.1, 0.15) is 0 Å². The number of hydrogen-bond acceptors (Lipinski definition) is 2. The fraction of sp³-hybridized carbons (Fsp3) is 0.412. The summed E-state index contributed by atoms with van der Waals surface area (Å²) in [5.74, 6) is -0.286. The summed E-state index contributed by atoms with van der Waals surface area (Å²) in [5, 5.41) is 10.9. The molecule has 1 aliphatic rings. The van der Waals surface area contributed by atoms with Gasteiger partial charge in [-0.2, -0.15) is 0 Å². The van der Waals surface area contributed by atoms with Crippen LogP contribution in [0.25, 0.3) is 0 Å². The molecule has 0 spiro atoms. The highest BCUT2D eigenvalue weighted by Crippen LogP contribution is 2.49. The van der Waals surface area contributed by atoms with Gasteiger partial charge in [0.2, 0.25) is 0 Å². The number of aliphatic hydroxyl groups is 1. The van der Waals surface area contributed by atoms with Gasteiger partial charge < -0.3 is 9.67 Å². The highest BCUT2D eigenvalue weighted by atomic mass is 28.3. The standard InChI is InChI=1S/C17H23NO2Si/c1-7-12-17(20)13-10-8-9-11-14(13)18(15(17)19)21(5,6)16(2,3)4/h8-12,20H,1H2,2-6H3/t17-/m1/s1. The number of carbonyl (C=O) groups is 1. The third-order valence-electron chi connectivity index (χ3n) is 4.79. The first-order valence-electron chi connectivity index (χ1n) is 7.11. The molecule has 0 aromatic heterocycles. The fourth-order valence-electron chi connectivity index (χ4n) is 2.56. The van der Waals surface area contributed by atoms with Crippen LogP contribution in [0.15, 0.2) is 42.7 Å². The minimum atomic E-state index is -2.15. The summed E-state index contributed by atoms with van der Waals surface area (Å²) in [6.07, 6.45) is 1.36. The van der Waals surface area contributed by atoms with Gasteiger partial charge in [0.25, 0.3) is 5.91 Å². The Morgan fingerprint density at radius 2 is 1.90 bits per heavy atom. The Kier molecular flexibility index (Phi) is 3.53. The summed E-state index contributed by atoms with van der Waals surface area (Å²) in [5.41, 5.74) is 2.36. The minimum Gasteiger partial charge on any atom is -0.372 e. The Bertz CT molecular complexity index is 638. The largest absolute Gasteiger partial charge is 0.372 e. The van der Waals surface area contributed by atoms with Crippen molar-refractivity contribution >= 4 is 19.8 Å². The van der Waals surface area contributed by atoms with Crippen LogP contribution in [0.5, 0.6) is 0 Å². The van der Waals surface area contributed by atoms with E-state index < -0.39 is 13.8 Å².